The van der Waals surface area contributed by atoms with Crippen LogP contribution >= 0.6 is 0 Å². The lowest BCUT2D eigenvalue weighted by Crippen LogP contribution is -2.50. The summed E-state index contributed by atoms with van der Waals surface area (Å²) in [5.41, 5.74) is 0. The van der Waals surface area contributed by atoms with Crippen molar-refractivity contribution in [2.24, 2.45) is 0 Å². The van der Waals surface area contributed by atoms with Gasteiger partial charge in [0.15, 0.2) is 0 Å². The summed E-state index contributed by atoms with van der Waals surface area (Å²) in [5.74, 6) is -0.738. The number of aliphatic carboxylic acids is 1. The Morgan fingerprint density at radius 1 is 1.60 bits per heavy atom. The number of ether oxygens (including phenoxy) is 1. The predicted molar refractivity (Wildman–Crippen MR) is 57.9 cm³/mol. The molecule has 0 spiro atoms. The molecule has 0 unspecified atom stereocenters. The molecule has 4 nitrogen and oxygen atoms in total. The molecular weight excluding hydrogens is 194 g/mol. The van der Waals surface area contributed by atoms with E-state index in [0.29, 0.717) is 13.2 Å². The van der Waals surface area contributed by atoms with E-state index in [4.69, 9.17) is 9.84 Å². The summed E-state index contributed by atoms with van der Waals surface area (Å²) in [4.78, 5) is 13.0. The zero-order valence-electron chi connectivity index (χ0n) is 9.61. The maximum atomic E-state index is 10.9. The first-order valence-corrected chi connectivity index (χ1v) is 5.73. The molecule has 1 aliphatic rings. The minimum Gasteiger partial charge on any atom is -0.480 e. The third-order valence-corrected chi connectivity index (χ3v) is 3.04. The second kappa shape index (κ2) is 6.08. The van der Waals surface area contributed by atoms with Crippen LogP contribution in [0.25, 0.3) is 0 Å². The molecule has 0 radical (unpaired) electrons. The van der Waals surface area contributed by atoms with E-state index in [1.54, 1.807) is 6.92 Å². The monoisotopic (exact) mass is 215 g/mol. The van der Waals surface area contributed by atoms with Crippen molar-refractivity contribution in [2.45, 2.75) is 45.2 Å². The van der Waals surface area contributed by atoms with E-state index in [2.05, 4.69) is 4.90 Å². The molecule has 15 heavy (non-hydrogen) atoms. The van der Waals surface area contributed by atoms with E-state index in [1.165, 1.54) is 6.42 Å². The number of hydrogen-bond acceptors (Lipinski definition) is 3. The molecule has 1 rings (SSSR count). The number of likely N-dealkylation sites (tertiary alicyclic amines) is 1. The molecule has 0 aliphatic carbocycles. The van der Waals surface area contributed by atoms with Gasteiger partial charge in [-0.1, -0.05) is 6.42 Å². The van der Waals surface area contributed by atoms with Gasteiger partial charge in [0.25, 0.3) is 0 Å². The lowest BCUT2D eigenvalue weighted by atomic mass is 10.0. The second-order valence-corrected chi connectivity index (χ2v) is 4.06. The van der Waals surface area contributed by atoms with Gasteiger partial charge in [-0.2, -0.15) is 0 Å². The standard InChI is InChI=1S/C11H21NO3/c1-3-15-8-10-6-4-5-7-12(10)9(2)11(13)14/h9-10H,3-8H2,1-2H3,(H,13,14)/t9-,10+/m0/s1. The maximum Gasteiger partial charge on any atom is 0.320 e. The highest BCUT2D eigenvalue weighted by Crippen LogP contribution is 2.19. The first-order chi connectivity index (χ1) is 7.16. The zero-order valence-corrected chi connectivity index (χ0v) is 9.61. The molecule has 0 aromatic heterocycles. The number of carbonyl (C=O) groups is 1. The minimum absolute atomic E-state index is 0.282. The third-order valence-electron chi connectivity index (χ3n) is 3.04. The van der Waals surface area contributed by atoms with Gasteiger partial charge < -0.3 is 9.84 Å². The normalized spacial score (nSPS) is 25.1. The fourth-order valence-electron chi connectivity index (χ4n) is 2.11. The topological polar surface area (TPSA) is 49.8 Å². The molecule has 1 N–H and O–H groups in total. The molecule has 1 saturated heterocycles. The Kier molecular flexibility index (Phi) is 5.05. The smallest absolute Gasteiger partial charge is 0.320 e. The molecule has 1 aliphatic heterocycles. The number of carboxylic acid groups (broad SMARTS) is 1. The Morgan fingerprint density at radius 3 is 2.93 bits per heavy atom. The SMILES string of the molecule is CCOC[C@H]1CCCCN1[C@@H](C)C(=O)O. The van der Waals surface area contributed by atoms with Crippen LogP contribution in [0.4, 0.5) is 0 Å². The molecule has 0 aromatic carbocycles. The minimum atomic E-state index is -0.738. The summed E-state index contributed by atoms with van der Waals surface area (Å²) in [5, 5.41) is 8.99. The van der Waals surface area contributed by atoms with Crippen molar-refractivity contribution in [3.05, 3.63) is 0 Å². The summed E-state index contributed by atoms with van der Waals surface area (Å²) in [6, 6.07) is -0.111. The van der Waals surface area contributed by atoms with Gasteiger partial charge in [0.2, 0.25) is 0 Å². The average Bonchev–Trinajstić information content (AvgIpc) is 2.25. The van der Waals surface area contributed by atoms with Crippen LogP contribution in [0.1, 0.15) is 33.1 Å². The van der Waals surface area contributed by atoms with Gasteiger partial charge in [-0.3, -0.25) is 9.69 Å². The van der Waals surface area contributed by atoms with Crippen LogP contribution in [-0.2, 0) is 9.53 Å². The van der Waals surface area contributed by atoms with Crippen LogP contribution in [0.15, 0.2) is 0 Å². The number of nitrogens with zero attached hydrogens (tertiary/aromatic N) is 1. The van der Waals surface area contributed by atoms with Gasteiger partial charge in [-0.25, -0.2) is 0 Å². The van der Waals surface area contributed by atoms with E-state index in [-0.39, 0.29) is 6.04 Å². The highest BCUT2D eigenvalue weighted by atomic mass is 16.5. The Bertz CT molecular complexity index is 208. The molecule has 1 heterocycles. The largest absolute Gasteiger partial charge is 0.480 e. The van der Waals surface area contributed by atoms with Gasteiger partial charge in [-0.15, -0.1) is 0 Å². The van der Waals surface area contributed by atoms with E-state index in [1.807, 2.05) is 6.92 Å². The van der Waals surface area contributed by atoms with Crippen LogP contribution in [-0.4, -0.2) is 47.8 Å². The Hall–Kier alpha value is -0.610. The van der Waals surface area contributed by atoms with E-state index >= 15 is 0 Å². The lowest BCUT2D eigenvalue weighted by Gasteiger charge is -2.37. The fourth-order valence-corrected chi connectivity index (χ4v) is 2.11. The highest BCUT2D eigenvalue weighted by Gasteiger charge is 2.29. The van der Waals surface area contributed by atoms with Crippen LogP contribution in [0.2, 0.25) is 0 Å². The van der Waals surface area contributed by atoms with E-state index in [0.717, 1.165) is 19.4 Å². The molecule has 1 fully saturated rings. The van der Waals surface area contributed by atoms with Crippen LogP contribution < -0.4 is 0 Å². The third kappa shape index (κ3) is 3.47. The van der Waals surface area contributed by atoms with E-state index in [9.17, 15) is 4.79 Å². The van der Waals surface area contributed by atoms with E-state index < -0.39 is 12.0 Å². The molecule has 88 valence electrons. The van der Waals surface area contributed by atoms with Crippen LogP contribution in [0.3, 0.4) is 0 Å². The molecular formula is C11H21NO3. The van der Waals surface area contributed by atoms with Crippen molar-refractivity contribution >= 4 is 5.97 Å². The molecule has 0 saturated carbocycles. The van der Waals surface area contributed by atoms with Crippen molar-refractivity contribution in [3.63, 3.8) is 0 Å². The second-order valence-electron chi connectivity index (χ2n) is 4.06. The molecule has 0 amide bonds. The maximum absolute atomic E-state index is 10.9. The lowest BCUT2D eigenvalue weighted by molar-refractivity contribution is -0.144. The Morgan fingerprint density at radius 2 is 2.33 bits per heavy atom. The van der Waals surface area contributed by atoms with Crippen molar-refractivity contribution < 1.29 is 14.6 Å². The first kappa shape index (κ1) is 12.5. The zero-order chi connectivity index (χ0) is 11.3. The summed E-state index contributed by atoms with van der Waals surface area (Å²) in [6.07, 6.45) is 3.33. The van der Waals surface area contributed by atoms with Crippen molar-refractivity contribution in [3.8, 4) is 0 Å². The summed E-state index contributed by atoms with van der Waals surface area (Å²) >= 11 is 0. The molecule has 4 heteroatoms. The highest BCUT2D eigenvalue weighted by molar-refractivity contribution is 5.72. The van der Waals surface area contributed by atoms with Crippen molar-refractivity contribution in [1.29, 1.82) is 0 Å². The summed E-state index contributed by atoms with van der Waals surface area (Å²) in [7, 11) is 0. The fraction of sp³-hybridized carbons (Fsp3) is 0.909. The molecule has 0 bridgehead atoms. The molecule has 0 aromatic rings. The van der Waals surface area contributed by atoms with Gasteiger partial charge in [0.1, 0.15) is 6.04 Å². The summed E-state index contributed by atoms with van der Waals surface area (Å²) < 4.78 is 5.40. The first-order valence-electron chi connectivity index (χ1n) is 5.73. The van der Waals surface area contributed by atoms with Crippen LogP contribution in [0.5, 0.6) is 0 Å². The van der Waals surface area contributed by atoms with Gasteiger partial charge in [-0.05, 0) is 33.2 Å². The Labute approximate surface area is 91.2 Å². The quantitative estimate of drug-likeness (QED) is 0.752. The number of hydrogen-bond donors (Lipinski definition) is 1. The van der Waals surface area contributed by atoms with Crippen molar-refractivity contribution in [2.75, 3.05) is 19.8 Å². The number of rotatable bonds is 5. The predicted octanol–water partition coefficient (Wildman–Crippen LogP) is 1.35. The Balaban J connectivity index is 2.52. The summed E-state index contributed by atoms with van der Waals surface area (Å²) in [6.45, 7) is 5.96. The number of piperidine rings is 1. The van der Waals surface area contributed by atoms with Gasteiger partial charge >= 0.3 is 5.97 Å². The van der Waals surface area contributed by atoms with Gasteiger partial charge in [0.05, 0.1) is 6.61 Å². The van der Waals surface area contributed by atoms with Crippen LogP contribution in [0, 0.1) is 0 Å². The van der Waals surface area contributed by atoms with Crippen molar-refractivity contribution in [1.82, 2.24) is 4.90 Å². The molecule has 2 atom stereocenters. The average molecular weight is 215 g/mol. The van der Waals surface area contributed by atoms with Gasteiger partial charge in [0, 0.05) is 12.6 Å². The number of carboxylic acids is 1.